The van der Waals surface area contributed by atoms with E-state index < -0.39 is 0 Å². The van der Waals surface area contributed by atoms with Gasteiger partial charge in [0.15, 0.2) is 5.78 Å². The number of hydrogen-bond donors (Lipinski definition) is 2. The number of carbonyl (C=O) groups is 2. The van der Waals surface area contributed by atoms with E-state index >= 15 is 0 Å². The molecule has 19 heavy (non-hydrogen) atoms. The summed E-state index contributed by atoms with van der Waals surface area (Å²) in [6.45, 7) is 3.19. The van der Waals surface area contributed by atoms with Crippen molar-refractivity contribution in [2.45, 2.75) is 13.8 Å². The summed E-state index contributed by atoms with van der Waals surface area (Å²) in [5.41, 5.74) is 7.59. The molecule has 0 bridgehead atoms. The van der Waals surface area contributed by atoms with Crippen LogP contribution in [0.2, 0.25) is 0 Å². The Morgan fingerprint density at radius 2 is 1.84 bits per heavy atom. The number of hydrogen-bond acceptors (Lipinski definition) is 4. The van der Waals surface area contributed by atoms with Crippen LogP contribution >= 0.6 is 11.3 Å². The summed E-state index contributed by atoms with van der Waals surface area (Å²) in [5, 5.41) is 3.17. The van der Waals surface area contributed by atoms with Crippen molar-refractivity contribution < 1.29 is 9.59 Å². The fraction of sp³-hybridized carbons (Fsp3) is 0.143. The Morgan fingerprint density at radius 1 is 1.21 bits per heavy atom. The standard InChI is InChI=1S/C14H14N2O2S/c1-8-11(9(2)17)13(15)19-12(8)14(18)16-10-6-4-3-5-7-10/h3-7H,15H2,1-2H3,(H,16,18). The highest BCUT2D eigenvalue weighted by atomic mass is 32.1. The van der Waals surface area contributed by atoms with Crippen LogP contribution in [0.1, 0.15) is 32.5 Å². The maximum atomic E-state index is 12.2. The molecule has 2 aromatic rings. The number of amides is 1. The van der Waals surface area contributed by atoms with E-state index in [9.17, 15) is 9.59 Å². The molecule has 1 aromatic carbocycles. The normalized spacial score (nSPS) is 10.2. The first-order valence-corrected chi connectivity index (χ1v) is 6.58. The van der Waals surface area contributed by atoms with Crippen LogP contribution in [0.15, 0.2) is 30.3 Å². The van der Waals surface area contributed by atoms with Gasteiger partial charge in [0.25, 0.3) is 5.91 Å². The third-order valence-corrected chi connectivity index (χ3v) is 3.88. The zero-order valence-electron chi connectivity index (χ0n) is 10.7. The molecule has 0 aliphatic rings. The van der Waals surface area contributed by atoms with Crippen molar-refractivity contribution in [2.75, 3.05) is 11.1 Å². The lowest BCUT2D eigenvalue weighted by molar-refractivity contribution is 0.101. The maximum absolute atomic E-state index is 12.2. The van der Waals surface area contributed by atoms with E-state index in [2.05, 4.69) is 5.32 Å². The number of carbonyl (C=O) groups excluding carboxylic acids is 2. The van der Waals surface area contributed by atoms with Gasteiger partial charge >= 0.3 is 0 Å². The number of anilines is 2. The van der Waals surface area contributed by atoms with Gasteiger partial charge in [-0.3, -0.25) is 9.59 Å². The second-order valence-corrected chi connectivity index (χ2v) is 5.22. The molecule has 5 heteroatoms. The fourth-order valence-corrected chi connectivity index (χ4v) is 2.92. The van der Waals surface area contributed by atoms with Crippen LogP contribution in [0.25, 0.3) is 0 Å². The SMILES string of the molecule is CC(=O)c1c(N)sc(C(=O)Nc2ccccc2)c1C. The highest BCUT2D eigenvalue weighted by Crippen LogP contribution is 2.31. The van der Waals surface area contributed by atoms with Crippen molar-refractivity contribution in [3.63, 3.8) is 0 Å². The minimum absolute atomic E-state index is 0.120. The molecule has 1 heterocycles. The number of nitrogen functional groups attached to an aromatic ring is 1. The Morgan fingerprint density at radius 3 is 2.37 bits per heavy atom. The van der Waals surface area contributed by atoms with Gasteiger partial charge in [0.2, 0.25) is 0 Å². The molecule has 2 rings (SSSR count). The van der Waals surface area contributed by atoms with Crippen LogP contribution in [0.5, 0.6) is 0 Å². The van der Waals surface area contributed by atoms with Crippen LogP contribution in [0.3, 0.4) is 0 Å². The van der Waals surface area contributed by atoms with Crippen LogP contribution < -0.4 is 11.1 Å². The van der Waals surface area contributed by atoms with Crippen LogP contribution in [-0.4, -0.2) is 11.7 Å². The van der Waals surface area contributed by atoms with E-state index in [1.165, 1.54) is 6.92 Å². The number of nitrogens with one attached hydrogen (secondary N) is 1. The molecule has 0 aliphatic heterocycles. The second kappa shape index (κ2) is 5.24. The molecule has 0 saturated heterocycles. The largest absolute Gasteiger partial charge is 0.390 e. The van der Waals surface area contributed by atoms with Crippen molar-refractivity contribution in [1.82, 2.24) is 0 Å². The number of nitrogens with two attached hydrogens (primary N) is 1. The van der Waals surface area contributed by atoms with Crippen molar-refractivity contribution in [2.24, 2.45) is 0 Å². The average Bonchev–Trinajstić information content (AvgIpc) is 2.66. The van der Waals surface area contributed by atoms with Crippen molar-refractivity contribution >= 4 is 33.7 Å². The summed E-state index contributed by atoms with van der Waals surface area (Å²) in [5.74, 6) is -0.363. The van der Waals surface area contributed by atoms with Gasteiger partial charge < -0.3 is 11.1 Å². The molecular weight excluding hydrogens is 260 g/mol. The zero-order valence-corrected chi connectivity index (χ0v) is 11.5. The molecule has 0 aliphatic carbocycles. The van der Waals surface area contributed by atoms with Crippen molar-refractivity contribution in [3.8, 4) is 0 Å². The van der Waals surface area contributed by atoms with Gasteiger partial charge in [0.05, 0.1) is 15.4 Å². The summed E-state index contributed by atoms with van der Waals surface area (Å²) < 4.78 is 0. The highest BCUT2D eigenvalue weighted by Gasteiger charge is 2.21. The van der Waals surface area contributed by atoms with Crippen molar-refractivity contribution in [1.29, 1.82) is 0 Å². The summed E-state index contributed by atoms with van der Waals surface area (Å²) in [6, 6.07) is 9.16. The Bertz CT molecular complexity index is 632. The van der Waals surface area contributed by atoms with E-state index in [1.807, 2.05) is 18.2 Å². The molecule has 0 spiro atoms. The van der Waals surface area contributed by atoms with Gasteiger partial charge in [-0.05, 0) is 31.5 Å². The number of rotatable bonds is 3. The predicted molar refractivity (Wildman–Crippen MR) is 77.9 cm³/mol. The van der Waals surface area contributed by atoms with Crippen molar-refractivity contribution in [3.05, 3.63) is 46.3 Å². The van der Waals surface area contributed by atoms with Gasteiger partial charge in [-0.2, -0.15) is 0 Å². The molecule has 0 unspecified atom stereocenters. The molecule has 3 N–H and O–H groups in total. The third-order valence-electron chi connectivity index (χ3n) is 2.76. The first kappa shape index (κ1) is 13.3. The third kappa shape index (κ3) is 2.66. The summed E-state index contributed by atoms with van der Waals surface area (Å²) >= 11 is 1.14. The Labute approximate surface area is 115 Å². The average molecular weight is 274 g/mol. The predicted octanol–water partition coefficient (Wildman–Crippen LogP) is 3.09. The minimum Gasteiger partial charge on any atom is -0.390 e. The fourth-order valence-electron chi connectivity index (χ4n) is 1.90. The number of ketones is 1. The number of benzene rings is 1. The summed E-state index contributed by atoms with van der Waals surface area (Å²) in [7, 11) is 0. The number of thiophene rings is 1. The van der Waals surface area contributed by atoms with Crippen LogP contribution in [-0.2, 0) is 0 Å². The molecule has 98 valence electrons. The highest BCUT2D eigenvalue weighted by molar-refractivity contribution is 7.18. The summed E-state index contributed by atoms with van der Waals surface area (Å²) in [6.07, 6.45) is 0. The molecule has 0 radical (unpaired) electrons. The minimum atomic E-state index is -0.243. The zero-order chi connectivity index (χ0) is 14.0. The topological polar surface area (TPSA) is 72.2 Å². The van der Waals surface area contributed by atoms with E-state index in [0.717, 1.165) is 11.3 Å². The molecule has 0 atom stereocenters. The van der Waals surface area contributed by atoms with E-state index in [0.29, 0.717) is 26.7 Å². The molecule has 0 fully saturated rings. The lowest BCUT2D eigenvalue weighted by Crippen LogP contribution is -2.11. The second-order valence-electron chi connectivity index (χ2n) is 4.17. The lowest BCUT2D eigenvalue weighted by Gasteiger charge is -2.04. The van der Waals surface area contributed by atoms with Crippen LogP contribution in [0, 0.1) is 6.92 Å². The molecule has 1 amide bonds. The maximum Gasteiger partial charge on any atom is 0.266 e. The number of Topliss-reactive ketones (excluding diaryl/α,β-unsaturated/α-hetero) is 1. The number of para-hydroxylation sites is 1. The van der Waals surface area contributed by atoms with E-state index in [4.69, 9.17) is 5.73 Å². The Balaban J connectivity index is 2.30. The molecule has 0 saturated carbocycles. The van der Waals surface area contributed by atoms with E-state index in [1.54, 1.807) is 19.1 Å². The van der Waals surface area contributed by atoms with Gasteiger partial charge in [-0.15, -0.1) is 11.3 Å². The lowest BCUT2D eigenvalue weighted by atomic mass is 10.1. The molecule has 1 aromatic heterocycles. The summed E-state index contributed by atoms with van der Waals surface area (Å²) in [4.78, 5) is 24.1. The van der Waals surface area contributed by atoms with E-state index in [-0.39, 0.29) is 11.7 Å². The Kier molecular flexibility index (Phi) is 3.66. The smallest absolute Gasteiger partial charge is 0.266 e. The van der Waals surface area contributed by atoms with Gasteiger partial charge in [-0.1, -0.05) is 18.2 Å². The first-order valence-electron chi connectivity index (χ1n) is 5.77. The monoisotopic (exact) mass is 274 g/mol. The quantitative estimate of drug-likeness (QED) is 0.845. The first-order chi connectivity index (χ1) is 9.00. The molecule has 4 nitrogen and oxygen atoms in total. The van der Waals surface area contributed by atoms with Gasteiger partial charge in [-0.25, -0.2) is 0 Å². The molecular formula is C14H14N2O2S. The van der Waals surface area contributed by atoms with Gasteiger partial charge in [0, 0.05) is 5.69 Å². The van der Waals surface area contributed by atoms with Gasteiger partial charge in [0.1, 0.15) is 0 Å². The van der Waals surface area contributed by atoms with Crippen LogP contribution in [0.4, 0.5) is 10.7 Å². The Hall–Kier alpha value is -2.14.